The highest BCUT2D eigenvalue weighted by Crippen LogP contribution is 2.44. The number of hydrogen-bond acceptors (Lipinski definition) is 2. The lowest BCUT2D eigenvalue weighted by atomic mass is 9.81. The lowest BCUT2D eigenvalue weighted by molar-refractivity contribution is 0.134. The summed E-state index contributed by atoms with van der Waals surface area (Å²) in [7, 11) is 0. The Morgan fingerprint density at radius 2 is 1.75 bits per heavy atom. The molecule has 1 aliphatic carbocycles. The predicted molar refractivity (Wildman–Crippen MR) is 97.6 cm³/mol. The van der Waals surface area contributed by atoms with Crippen LogP contribution in [-0.2, 0) is 4.74 Å². The molecule has 130 valence electrons. The molecule has 3 nitrogen and oxygen atoms in total. The fourth-order valence-corrected chi connectivity index (χ4v) is 4.04. The van der Waals surface area contributed by atoms with E-state index < -0.39 is 0 Å². The van der Waals surface area contributed by atoms with Gasteiger partial charge in [-0.25, -0.2) is 4.79 Å². The molecule has 1 amide bonds. The van der Waals surface area contributed by atoms with E-state index in [1.54, 1.807) is 0 Å². The molecule has 2 aliphatic rings. The SMILES string of the molecule is CCCCN1C(=O)O/C(=C\c2ccccc2)C12CCCCCCC2. The molecule has 0 atom stereocenters. The number of carbonyl (C=O) groups excluding carboxylic acids is 1. The van der Waals surface area contributed by atoms with Gasteiger partial charge in [0.2, 0.25) is 0 Å². The molecule has 0 radical (unpaired) electrons. The van der Waals surface area contributed by atoms with Gasteiger partial charge in [-0.1, -0.05) is 75.8 Å². The Balaban J connectivity index is 1.96. The first-order chi connectivity index (χ1) is 11.8. The number of hydrogen-bond donors (Lipinski definition) is 0. The largest absolute Gasteiger partial charge is 0.415 e. The predicted octanol–water partition coefficient (Wildman–Crippen LogP) is 5.76. The van der Waals surface area contributed by atoms with E-state index >= 15 is 0 Å². The summed E-state index contributed by atoms with van der Waals surface area (Å²) < 4.78 is 5.81. The van der Waals surface area contributed by atoms with Crippen molar-refractivity contribution >= 4 is 12.2 Å². The van der Waals surface area contributed by atoms with Gasteiger partial charge in [0, 0.05) is 6.54 Å². The van der Waals surface area contributed by atoms with Crippen molar-refractivity contribution in [1.29, 1.82) is 0 Å². The maximum Gasteiger partial charge on any atom is 0.415 e. The Labute approximate surface area is 145 Å². The zero-order valence-electron chi connectivity index (χ0n) is 14.8. The highest BCUT2D eigenvalue weighted by molar-refractivity contribution is 5.77. The monoisotopic (exact) mass is 327 g/mol. The topological polar surface area (TPSA) is 29.5 Å². The van der Waals surface area contributed by atoms with Gasteiger partial charge in [0.05, 0.1) is 0 Å². The van der Waals surface area contributed by atoms with Crippen molar-refractivity contribution < 1.29 is 9.53 Å². The van der Waals surface area contributed by atoms with Gasteiger partial charge in [-0.2, -0.15) is 0 Å². The van der Waals surface area contributed by atoms with Crippen molar-refractivity contribution in [3.05, 3.63) is 41.7 Å². The maximum absolute atomic E-state index is 12.6. The fraction of sp³-hybridized carbons (Fsp3) is 0.571. The van der Waals surface area contributed by atoms with E-state index in [1.807, 2.05) is 23.1 Å². The number of nitrogens with zero attached hydrogens (tertiary/aromatic N) is 1. The first kappa shape index (κ1) is 17.1. The first-order valence-electron chi connectivity index (χ1n) is 9.53. The third kappa shape index (κ3) is 3.50. The molecule has 1 heterocycles. The number of ether oxygens (including phenoxy) is 1. The van der Waals surface area contributed by atoms with E-state index in [4.69, 9.17) is 4.74 Å². The van der Waals surface area contributed by atoms with Crippen LogP contribution in [0.1, 0.15) is 70.3 Å². The lowest BCUT2D eigenvalue weighted by Gasteiger charge is -2.37. The molecule has 3 heteroatoms. The minimum atomic E-state index is -0.220. The molecule has 0 bridgehead atoms. The van der Waals surface area contributed by atoms with Gasteiger partial charge in [-0.15, -0.1) is 0 Å². The fourth-order valence-electron chi connectivity index (χ4n) is 4.04. The third-order valence-corrected chi connectivity index (χ3v) is 5.41. The number of carbonyl (C=O) groups is 1. The summed E-state index contributed by atoms with van der Waals surface area (Å²) >= 11 is 0. The maximum atomic E-state index is 12.6. The Kier molecular flexibility index (Phi) is 5.60. The lowest BCUT2D eigenvalue weighted by Crippen LogP contribution is -2.47. The zero-order chi connectivity index (χ0) is 16.8. The van der Waals surface area contributed by atoms with E-state index in [9.17, 15) is 4.79 Å². The number of amides is 1. The van der Waals surface area contributed by atoms with Crippen LogP contribution in [0.25, 0.3) is 6.08 Å². The van der Waals surface area contributed by atoms with Gasteiger partial charge in [-0.3, -0.25) is 4.90 Å². The van der Waals surface area contributed by atoms with Crippen molar-refractivity contribution in [3.63, 3.8) is 0 Å². The Hall–Kier alpha value is -1.77. The molecule has 0 aromatic heterocycles. The van der Waals surface area contributed by atoms with Crippen LogP contribution in [0.2, 0.25) is 0 Å². The van der Waals surface area contributed by atoms with Crippen molar-refractivity contribution in [1.82, 2.24) is 4.90 Å². The summed E-state index contributed by atoms with van der Waals surface area (Å²) in [5.41, 5.74) is 0.891. The second kappa shape index (κ2) is 7.87. The molecule has 1 aromatic rings. The molecule has 1 aliphatic heterocycles. The van der Waals surface area contributed by atoms with Crippen LogP contribution in [0, 0.1) is 0 Å². The van der Waals surface area contributed by atoms with Gasteiger partial charge in [0.1, 0.15) is 11.3 Å². The summed E-state index contributed by atoms with van der Waals surface area (Å²) in [6.45, 7) is 2.98. The van der Waals surface area contributed by atoms with E-state index in [1.165, 1.54) is 32.1 Å². The normalized spacial score (nSPS) is 22.5. The summed E-state index contributed by atoms with van der Waals surface area (Å²) in [6.07, 6.45) is 12.3. The average Bonchev–Trinajstić information content (AvgIpc) is 2.82. The van der Waals surface area contributed by atoms with E-state index in [0.29, 0.717) is 0 Å². The molecule has 1 saturated heterocycles. The van der Waals surface area contributed by atoms with Crippen LogP contribution in [0.5, 0.6) is 0 Å². The first-order valence-corrected chi connectivity index (χ1v) is 9.53. The molecular weight excluding hydrogens is 298 g/mol. The molecular formula is C21H29NO2. The van der Waals surface area contributed by atoms with Crippen LogP contribution >= 0.6 is 0 Å². The number of benzene rings is 1. The van der Waals surface area contributed by atoms with Crippen LogP contribution in [0.4, 0.5) is 4.79 Å². The van der Waals surface area contributed by atoms with Crippen LogP contribution < -0.4 is 0 Å². The summed E-state index contributed by atoms with van der Waals surface area (Å²) in [5, 5.41) is 0. The molecule has 1 spiro atoms. The van der Waals surface area contributed by atoms with E-state index in [0.717, 1.165) is 43.6 Å². The van der Waals surface area contributed by atoms with Crippen LogP contribution in [0.15, 0.2) is 36.1 Å². The van der Waals surface area contributed by atoms with Crippen molar-refractivity contribution in [3.8, 4) is 0 Å². The molecule has 3 rings (SSSR count). The number of rotatable bonds is 4. The molecule has 0 unspecified atom stereocenters. The Morgan fingerprint density at radius 3 is 2.42 bits per heavy atom. The summed E-state index contributed by atoms with van der Waals surface area (Å²) in [5.74, 6) is 0.872. The summed E-state index contributed by atoms with van der Waals surface area (Å²) in [4.78, 5) is 14.7. The Bertz CT molecular complexity index is 571. The summed E-state index contributed by atoms with van der Waals surface area (Å²) in [6, 6.07) is 10.2. The average molecular weight is 327 g/mol. The second-order valence-electron chi connectivity index (χ2n) is 7.09. The van der Waals surface area contributed by atoms with E-state index in [-0.39, 0.29) is 11.6 Å². The number of cyclic esters (lactones) is 1. The smallest absolute Gasteiger partial charge is 0.412 e. The zero-order valence-corrected chi connectivity index (χ0v) is 14.8. The standard InChI is InChI=1S/C21H29NO2/c1-2-3-16-22-20(23)24-19(17-18-12-8-7-9-13-18)21(22)14-10-5-4-6-11-15-21/h7-9,12-13,17H,2-6,10-11,14-16H2,1H3/b19-17-. The molecule has 0 N–H and O–H groups in total. The molecule has 1 saturated carbocycles. The number of unbranched alkanes of at least 4 members (excludes halogenated alkanes) is 1. The Morgan fingerprint density at radius 1 is 1.08 bits per heavy atom. The van der Waals surface area contributed by atoms with Gasteiger partial charge in [-0.05, 0) is 30.9 Å². The quantitative estimate of drug-likeness (QED) is 0.703. The van der Waals surface area contributed by atoms with Gasteiger partial charge < -0.3 is 4.74 Å². The molecule has 2 fully saturated rings. The minimum absolute atomic E-state index is 0.147. The molecule has 1 aromatic carbocycles. The van der Waals surface area contributed by atoms with Crippen LogP contribution in [-0.4, -0.2) is 23.1 Å². The third-order valence-electron chi connectivity index (χ3n) is 5.41. The van der Waals surface area contributed by atoms with Gasteiger partial charge in [0.15, 0.2) is 0 Å². The van der Waals surface area contributed by atoms with Crippen molar-refractivity contribution in [2.24, 2.45) is 0 Å². The van der Waals surface area contributed by atoms with Crippen molar-refractivity contribution in [2.75, 3.05) is 6.54 Å². The minimum Gasteiger partial charge on any atom is -0.412 e. The van der Waals surface area contributed by atoms with E-state index in [2.05, 4.69) is 25.1 Å². The van der Waals surface area contributed by atoms with Gasteiger partial charge in [0.25, 0.3) is 0 Å². The second-order valence-corrected chi connectivity index (χ2v) is 7.09. The van der Waals surface area contributed by atoms with Crippen molar-refractivity contribution in [2.45, 2.75) is 70.3 Å². The van der Waals surface area contributed by atoms with Gasteiger partial charge >= 0.3 is 6.09 Å². The molecule has 24 heavy (non-hydrogen) atoms. The van der Waals surface area contributed by atoms with Crippen LogP contribution in [0.3, 0.4) is 0 Å². The highest BCUT2D eigenvalue weighted by Gasteiger charge is 2.50. The highest BCUT2D eigenvalue weighted by atomic mass is 16.6.